The van der Waals surface area contributed by atoms with Crippen LogP contribution in [0.25, 0.3) is 11.0 Å². The minimum atomic E-state index is -0.433. The zero-order valence-corrected chi connectivity index (χ0v) is 12.1. The van der Waals surface area contributed by atoms with Crippen molar-refractivity contribution in [3.05, 3.63) is 28.1 Å². The second-order valence-corrected chi connectivity index (χ2v) is 5.30. The van der Waals surface area contributed by atoms with Crippen LogP contribution in [-0.4, -0.2) is 38.8 Å². The highest BCUT2D eigenvalue weighted by molar-refractivity contribution is 5.97. The van der Waals surface area contributed by atoms with Gasteiger partial charge in [0.05, 0.1) is 6.61 Å². The molecule has 2 N–H and O–H groups in total. The van der Waals surface area contributed by atoms with E-state index in [1.165, 1.54) is 6.07 Å². The third-order valence-corrected chi connectivity index (χ3v) is 3.52. The lowest BCUT2D eigenvalue weighted by Crippen LogP contribution is -2.19. The zero-order chi connectivity index (χ0) is 15.0. The molecule has 21 heavy (non-hydrogen) atoms. The van der Waals surface area contributed by atoms with Crippen LogP contribution in [0.15, 0.2) is 21.3 Å². The molecule has 2 heterocycles. The highest BCUT2D eigenvalue weighted by atomic mass is 16.5. The van der Waals surface area contributed by atoms with E-state index >= 15 is 0 Å². The second kappa shape index (κ2) is 5.29. The maximum Gasteiger partial charge on any atom is 0.336 e. The Morgan fingerprint density at radius 3 is 2.95 bits per heavy atom. The van der Waals surface area contributed by atoms with Gasteiger partial charge in [-0.1, -0.05) is 0 Å². The molecular weight excluding hydrogens is 272 g/mol. The minimum Gasteiger partial charge on any atom is -0.489 e. The fourth-order valence-corrected chi connectivity index (χ4v) is 2.44. The number of nitrogen functional groups attached to an aromatic ring is 1. The lowest BCUT2D eigenvalue weighted by Gasteiger charge is -2.15. The molecule has 1 aliphatic heterocycles. The topological polar surface area (TPSA) is 77.9 Å². The molecule has 0 aliphatic carbocycles. The Morgan fingerprint density at radius 1 is 1.38 bits per heavy atom. The SMILES string of the molecule is CN(C)CCOc1c2c(c(N)c3ccc(=O)oc13)CCO2. The Labute approximate surface area is 122 Å². The van der Waals surface area contributed by atoms with E-state index in [1.54, 1.807) is 6.07 Å². The van der Waals surface area contributed by atoms with E-state index in [9.17, 15) is 4.79 Å². The molecule has 112 valence electrons. The first-order valence-electron chi connectivity index (χ1n) is 6.86. The van der Waals surface area contributed by atoms with E-state index in [2.05, 4.69) is 0 Å². The molecule has 3 rings (SSSR count). The summed E-state index contributed by atoms with van der Waals surface area (Å²) in [4.78, 5) is 13.5. The van der Waals surface area contributed by atoms with E-state index in [4.69, 9.17) is 19.6 Å². The molecule has 0 atom stereocenters. The standard InChI is InChI=1S/C15H18N2O4/c1-17(2)6-8-20-15-13-10(5-7-19-13)12(16)9-3-4-11(18)21-14(9)15/h3-4H,5-8,16H2,1-2H3. The molecule has 0 fully saturated rings. The van der Waals surface area contributed by atoms with Crippen LogP contribution < -0.4 is 20.8 Å². The third kappa shape index (κ3) is 2.42. The predicted octanol–water partition coefficient (Wildman–Crippen LogP) is 1.25. The Kier molecular flexibility index (Phi) is 3.47. The number of ether oxygens (including phenoxy) is 2. The van der Waals surface area contributed by atoms with Gasteiger partial charge in [-0.25, -0.2) is 4.79 Å². The van der Waals surface area contributed by atoms with Crippen molar-refractivity contribution in [3.63, 3.8) is 0 Å². The highest BCUT2D eigenvalue weighted by Gasteiger charge is 2.26. The van der Waals surface area contributed by atoms with E-state index in [1.807, 2.05) is 19.0 Å². The molecule has 0 unspecified atom stereocenters. The number of likely N-dealkylation sites (N-methyl/N-ethyl adjacent to an activating group) is 1. The summed E-state index contributed by atoms with van der Waals surface area (Å²) < 4.78 is 16.8. The third-order valence-electron chi connectivity index (χ3n) is 3.52. The predicted molar refractivity (Wildman–Crippen MR) is 80.1 cm³/mol. The molecule has 1 aliphatic rings. The summed E-state index contributed by atoms with van der Waals surface area (Å²) in [5.74, 6) is 1.08. The Morgan fingerprint density at radius 2 is 2.19 bits per heavy atom. The van der Waals surface area contributed by atoms with Crippen LogP contribution in [0.2, 0.25) is 0 Å². The largest absolute Gasteiger partial charge is 0.489 e. The average Bonchev–Trinajstić information content (AvgIpc) is 2.91. The van der Waals surface area contributed by atoms with Gasteiger partial charge >= 0.3 is 5.63 Å². The molecule has 0 amide bonds. The Bertz CT molecular complexity index is 737. The van der Waals surface area contributed by atoms with Crippen molar-refractivity contribution < 1.29 is 13.9 Å². The van der Waals surface area contributed by atoms with Crippen molar-refractivity contribution in [3.8, 4) is 11.5 Å². The van der Waals surface area contributed by atoms with Crippen molar-refractivity contribution in [2.75, 3.05) is 39.6 Å². The van der Waals surface area contributed by atoms with Gasteiger partial charge in [0.2, 0.25) is 5.75 Å². The van der Waals surface area contributed by atoms with Crippen LogP contribution in [0, 0.1) is 0 Å². The van der Waals surface area contributed by atoms with E-state index in [0.29, 0.717) is 41.4 Å². The van der Waals surface area contributed by atoms with Crippen LogP contribution in [0.4, 0.5) is 5.69 Å². The van der Waals surface area contributed by atoms with Crippen LogP contribution in [0.1, 0.15) is 5.56 Å². The number of rotatable bonds is 4. The van der Waals surface area contributed by atoms with Crippen molar-refractivity contribution in [1.82, 2.24) is 4.90 Å². The first-order chi connectivity index (χ1) is 10.1. The molecule has 2 aromatic rings. The van der Waals surface area contributed by atoms with Crippen molar-refractivity contribution in [2.45, 2.75) is 6.42 Å². The molecule has 1 aromatic carbocycles. The fourth-order valence-electron chi connectivity index (χ4n) is 2.44. The number of hydrogen-bond acceptors (Lipinski definition) is 6. The summed E-state index contributed by atoms with van der Waals surface area (Å²) in [6, 6.07) is 3.04. The number of fused-ring (bicyclic) bond motifs is 2. The fraction of sp³-hybridized carbons (Fsp3) is 0.400. The normalized spacial score (nSPS) is 13.5. The summed E-state index contributed by atoms with van der Waals surface area (Å²) >= 11 is 0. The quantitative estimate of drug-likeness (QED) is 0.674. The summed E-state index contributed by atoms with van der Waals surface area (Å²) in [5, 5.41) is 0.693. The average molecular weight is 290 g/mol. The van der Waals surface area contributed by atoms with Gasteiger partial charge in [0.25, 0.3) is 0 Å². The van der Waals surface area contributed by atoms with E-state index in [-0.39, 0.29) is 0 Å². The first-order valence-corrected chi connectivity index (χ1v) is 6.86. The van der Waals surface area contributed by atoms with Gasteiger partial charge in [0, 0.05) is 35.7 Å². The van der Waals surface area contributed by atoms with Crippen LogP contribution in [0.3, 0.4) is 0 Å². The number of nitrogens with zero attached hydrogens (tertiary/aromatic N) is 1. The molecule has 6 heteroatoms. The summed E-state index contributed by atoms with van der Waals surface area (Å²) in [7, 11) is 3.93. The summed E-state index contributed by atoms with van der Waals surface area (Å²) in [6.45, 7) is 1.78. The van der Waals surface area contributed by atoms with Crippen LogP contribution in [-0.2, 0) is 6.42 Å². The van der Waals surface area contributed by atoms with E-state index in [0.717, 1.165) is 18.5 Å². The van der Waals surface area contributed by atoms with Crippen molar-refractivity contribution >= 4 is 16.7 Å². The van der Waals surface area contributed by atoms with Crippen LogP contribution >= 0.6 is 0 Å². The molecule has 0 bridgehead atoms. The first kappa shape index (κ1) is 13.8. The lowest BCUT2D eigenvalue weighted by molar-refractivity contribution is 0.247. The Balaban J connectivity index is 2.13. The summed E-state index contributed by atoms with van der Waals surface area (Å²) in [6.07, 6.45) is 0.736. The molecule has 1 aromatic heterocycles. The number of hydrogen-bond donors (Lipinski definition) is 1. The zero-order valence-electron chi connectivity index (χ0n) is 12.1. The molecule has 0 saturated carbocycles. The van der Waals surface area contributed by atoms with Gasteiger partial charge in [0.15, 0.2) is 11.3 Å². The van der Waals surface area contributed by atoms with E-state index < -0.39 is 5.63 Å². The number of nitrogens with two attached hydrogens (primary N) is 1. The molecule has 0 spiro atoms. The van der Waals surface area contributed by atoms with Crippen molar-refractivity contribution in [2.24, 2.45) is 0 Å². The van der Waals surface area contributed by atoms with Crippen molar-refractivity contribution in [1.29, 1.82) is 0 Å². The summed E-state index contributed by atoms with van der Waals surface area (Å²) in [5.41, 5.74) is 7.61. The maximum atomic E-state index is 11.5. The molecule has 6 nitrogen and oxygen atoms in total. The molecule has 0 radical (unpaired) electrons. The molecular formula is C15H18N2O4. The number of benzene rings is 1. The minimum absolute atomic E-state index is 0.361. The van der Waals surface area contributed by atoms with Crippen LogP contribution in [0.5, 0.6) is 11.5 Å². The van der Waals surface area contributed by atoms with Gasteiger partial charge in [0.1, 0.15) is 6.61 Å². The maximum absolute atomic E-state index is 11.5. The molecule has 0 saturated heterocycles. The second-order valence-electron chi connectivity index (χ2n) is 5.30. The lowest BCUT2D eigenvalue weighted by atomic mass is 10.1. The van der Waals surface area contributed by atoms with Gasteiger partial charge in [-0.15, -0.1) is 0 Å². The van der Waals surface area contributed by atoms with Gasteiger partial charge in [-0.2, -0.15) is 0 Å². The number of anilines is 1. The highest BCUT2D eigenvalue weighted by Crippen LogP contribution is 2.45. The van der Waals surface area contributed by atoms with Gasteiger partial charge < -0.3 is 24.5 Å². The Hall–Kier alpha value is -2.21. The smallest absolute Gasteiger partial charge is 0.336 e. The monoisotopic (exact) mass is 290 g/mol. The van der Waals surface area contributed by atoms with Gasteiger partial charge in [-0.3, -0.25) is 0 Å². The van der Waals surface area contributed by atoms with Gasteiger partial charge in [-0.05, 0) is 20.2 Å².